The molecule has 116 heavy (non-hydrogen) atoms. The highest BCUT2D eigenvalue weighted by atomic mass is 32.1. The SMILES string of the molecule is Fc1ccc(-n2c3ccccc3c3cc(-c4ccc(N(c5ccc(-c6ccccc6)cc5)c5ccc(-c6ccc7oc8ccccc8c7c6)cc5)cc4)ccc32)cc1.Fc1ccc(-n2c3ccccc3c3cc(-c4ccc(N(c5ccc(-c6ccccc6)cc5)c5ccc(-c6ccc7sc8ccccc8c7c6)cc5)cc4)ccc32)cc1. The summed E-state index contributed by atoms with van der Waals surface area (Å²) in [7, 11) is 0. The van der Waals surface area contributed by atoms with Crippen LogP contribution in [0.5, 0.6) is 0 Å². The van der Waals surface area contributed by atoms with Gasteiger partial charge in [0.05, 0.1) is 22.1 Å². The van der Waals surface area contributed by atoms with Gasteiger partial charge in [-0.25, -0.2) is 8.78 Å². The molecule has 548 valence electrons. The molecule has 5 nitrogen and oxygen atoms in total. The van der Waals surface area contributed by atoms with E-state index in [0.717, 1.165) is 144 Å². The van der Waals surface area contributed by atoms with E-state index in [1.807, 2.05) is 53.8 Å². The van der Waals surface area contributed by atoms with Crippen LogP contribution in [0, 0.1) is 11.6 Å². The lowest BCUT2D eigenvalue weighted by molar-refractivity contribution is 0.627. The van der Waals surface area contributed by atoms with Crippen LogP contribution in [0.4, 0.5) is 42.9 Å². The second kappa shape index (κ2) is 29.3. The van der Waals surface area contributed by atoms with Crippen molar-refractivity contribution < 1.29 is 13.2 Å². The molecule has 0 unspecified atom stereocenters. The molecule has 0 bridgehead atoms. The fraction of sp³-hybridized carbons (Fsp3) is 0. The molecule has 0 aliphatic carbocycles. The minimum absolute atomic E-state index is 0.240. The molecule has 0 saturated carbocycles. The summed E-state index contributed by atoms with van der Waals surface area (Å²) in [6, 6.07) is 148. The number of aromatic nitrogens is 2. The number of para-hydroxylation sites is 3. The average Bonchev–Trinajstić information content (AvgIpc) is 1.57. The van der Waals surface area contributed by atoms with Crippen molar-refractivity contribution >= 4 is 131 Å². The monoisotopic (exact) mass is 1510 g/mol. The van der Waals surface area contributed by atoms with Gasteiger partial charge in [0.15, 0.2) is 0 Å². The summed E-state index contributed by atoms with van der Waals surface area (Å²) in [5.41, 5.74) is 28.4. The molecule has 0 radical (unpaired) electrons. The third-order valence-corrected chi connectivity index (χ3v) is 23.7. The third-order valence-electron chi connectivity index (χ3n) is 22.6. The Balaban J connectivity index is 0.000000145. The zero-order valence-corrected chi connectivity index (χ0v) is 63.6. The van der Waals surface area contributed by atoms with Crippen molar-refractivity contribution in [3.05, 3.63) is 436 Å². The Bertz CT molecular complexity index is 6960. The molecule has 0 aliphatic rings. The van der Waals surface area contributed by atoms with Crippen LogP contribution in [0.3, 0.4) is 0 Å². The van der Waals surface area contributed by atoms with Gasteiger partial charge in [-0.05, 0) is 261 Å². The summed E-state index contributed by atoms with van der Waals surface area (Å²) in [5.74, 6) is -0.483. The van der Waals surface area contributed by atoms with Crippen LogP contribution in [0.25, 0.3) is 164 Å². The predicted molar refractivity (Wildman–Crippen MR) is 484 cm³/mol. The Kier molecular flexibility index (Phi) is 17.4. The van der Waals surface area contributed by atoms with E-state index in [-0.39, 0.29) is 11.6 Å². The number of hydrogen-bond donors (Lipinski definition) is 0. The lowest BCUT2D eigenvalue weighted by atomic mass is 10.0. The molecular weight excluding hydrogens is 1440 g/mol. The molecule has 18 aromatic carbocycles. The number of fused-ring (bicyclic) bond motifs is 12. The average molecular weight is 1510 g/mol. The number of anilines is 6. The largest absolute Gasteiger partial charge is 0.456 e. The fourth-order valence-corrected chi connectivity index (χ4v) is 17.9. The van der Waals surface area contributed by atoms with Gasteiger partial charge in [0.25, 0.3) is 0 Å². The van der Waals surface area contributed by atoms with Crippen molar-refractivity contribution in [3.8, 4) is 78.1 Å². The van der Waals surface area contributed by atoms with E-state index in [9.17, 15) is 8.78 Å². The summed E-state index contributed by atoms with van der Waals surface area (Å²) >= 11 is 1.85. The predicted octanol–water partition coefficient (Wildman–Crippen LogP) is 31.1. The molecule has 0 N–H and O–H groups in total. The Morgan fingerprint density at radius 3 is 0.905 bits per heavy atom. The lowest BCUT2D eigenvalue weighted by Crippen LogP contribution is -2.09. The van der Waals surface area contributed by atoms with E-state index in [2.05, 4.69) is 377 Å². The number of thiophene rings is 1. The fourth-order valence-electron chi connectivity index (χ4n) is 16.8. The van der Waals surface area contributed by atoms with Gasteiger partial charge in [-0.2, -0.15) is 0 Å². The minimum atomic E-state index is -0.243. The molecule has 0 saturated heterocycles. The Labute approximate surface area is 673 Å². The summed E-state index contributed by atoms with van der Waals surface area (Å²) in [6.45, 7) is 0. The molecule has 22 aromatic rings. The molecular formula is C108H70F2N4OS. The van der Waals surface area contributed by atoms with Crippen LogP contribution in [0.1, 0.15) is 0 Å². The van der Waals surface area contributed by atoms with Crippen molar-refractivity contribution in [2.24, 2.45) is 0 Å². The molecule has 4 aromatic heterocycles. The first kappa shape index (κ1) is 69.0. The van der Waals surface area contributed by atoms with E-state index >= 15 is 0 Å². The molecule has 0 atom stereocenters. The number of halogens is 2. The highest BCUT2D eigenvalue weighted by molar-refractivity contribution is 7.25. The molecule has 22 rings (SSSR count). The van der Waals surface area contributed by atoms with Gasteiger partial charge in [0.1, 0.15) is 22.8 Å². The summed E-state index contributed by atoms with van der Waals surface area (Å²) < 4.78 is 40.9. The van der Waals surface area contributed by atoms with E-state index in [1.54, 1.807) is 0 Å². The van der Waals surface area contributed by atoms with Gasteiger partial charge in [-0.1, -0.05) is 231 Å². The van der Waals surface area contributed by atoms with Gasteiger partial charge >= 0.3 is 0 Å². The van der Waals surface area contributed by atoms with Crippen LogP contribution in [-0.4, -0.2) is 9.13 Å². The van der Waals surface area contributed by atoms with Crippen LogP contribution < -0.4 is 9.80 Å². The molecule has 0 amide bonds. The van der Waals surface area contributed by atoms with Crippen LogP contribution in [0.15, 0.2) is 429 Å². The number of rotatable bonds is 14. The maximum atomic E-state index is 13.9. The summed E-state index contributed by atoms with van der Waals surface area (Å²) in [5, 5.41) is 9.50. The van der Waals surface area contributed by atoms with Crippen molar-refractivity contribution in [1.82, 2.24) is 9.13 Å². The van der Waals surface area contributed by atoms with Crippen molar-refractivity contribution in [3.63, 3.8) is 0 Å². The second-order valence-electron chi connectivity index (χ2n) is 29.4. The highest BCUT2D eigenvalue weighted by Gasteiger charge is 2.21. The summed E-state index contributed by atoms with van der Waals surface area (Å²) in [6.07, 6.45) is 0. The standard InChI is InChI=1S/C54H35FN2O.C54H35FN2S/c2*55-42-22-30-46(31-23-42)57-51-12-6-4-10-47(51)49-34-40(20-32-52(49)57)38-16-26-44(27-17-38)56(43-24-14-37(15-25-43)36-8-2-1-3-9-36)45-28-18-39(19-29-45)41-21-33-54-50(35-41)48-11-5-7-13-53(48)58-54/h2*1-35H. The van der Waals surface area contributed by atoms with E-state index in [4.69, 9.17) is 4.42 Å². The van der Waals surface area contributed by atoms with Crippen LogP contribution in [0.2, 0.25) is 0 Å². The Morgan fingerprint density at radius 2 is 0.483 bits per heavy atom. The molecule has 0 spiro atoms. The maximum absolute atomic E-state index is 13.9. The number of hydrogen-bond acceptors (Lipinski definition) is 4. The first-order valence-electron chi connectivity index (χ1n) is 39.0. The normalized spacial score (nSPS) is 11.5. The van der Waals surface area contributed by atoms with Gasteiger partial charge < -0.3 is 23.4 Å². The Morgan fingerprint density at radius 1 is 0.198 bits per heavy atom. The van der Waals surface area contributed by atoms with Gasteiger partial charge in [0.2, 0.25) is 0 Å². The number of nitrogens with zero attached hydrogens (tertiary/aromatic N) is 4. The van der Waals surface area contributed by atoms with Crippen molar-refractivity contribution in [2.45, 2.75) is 0 Å². The topological polar surface area (TPSA) is 29.5 Å². The van der Waals surface area contributed by atoms with Gasteiger partial charge in [-0.3, -0.25) is 0 Å². The maximum Gasteiger partial charge on any atom is 0.135 e. The van der Waals surface area contributed by atoms with E-state index in [0.29, 0.717) is 0 Å². The van der Waals surface area contributed by atoms with Gasteiger partial charge in [-0.15, -0.1) is 11.3 Å². The van der Waals surface area contributed by atoms with E-state index in [1.165, 1.54) is 77.8 Å². The van der Waals surface area contributed by atoms with E-state index < -0.39 is 0 Å². The van der Waals surface area contributed by atoms with Gasteiger partial charge in [0, 0.05) is 98.0 Å². The number of furan rings is 1. The zero-order valence-electron chi connectivity index (χ0n) is 62.8. The molecule has 8 heteroatoms. The second-order valence-corrected chi connectivity index (χ2v) is 30.5. The quantitative estimate of drug-likeness (QED) is 0.109. The van der Waals surface area contributed by atoms with Crippen LogP contribution in [-0.2, 0) is 0 Å². The molecule has 4 heterocycles. The number of benzene rings is 18. The lowest BCUT2D eigenvalue weighted by Gasteiger charge is -2.26. The van der Waals surface area contributed by atoms with Crippen molar-refractivity contribution in [1.29, 1.82) is 0 Å². The minimum Gasteiger partial charge on any atom is -0.456 e. The zero-order chi connectivity index (χ0) is 77.2. The highest BCUT2D eigenvalue weighted by Crippen LogP contribution is 2.45. The molecule has 0 aliphatic heterocycles. The third kappa shape index (κ3) is 12.8. The Hall–Kier alpha value is -15.0. The first-order chi connectivity index (χ1) is 57.3. The smallest absolute Gasteiger partial charge is 0.135 e. The van der Waals surface area contributed by atoms with Crippen molar-refractivity contribution in [2.75, 3.05) is 9.80 Å². The first-order valence-corrected chi connectivity index (χ1v) is 39.8. The molecule has 0 fully saturated rings. The summed E-state index contributed by atoms with van der Waals surface area (Å²) in [4.78, 5) is 4.64. The van der Waals surface area contributed by atoms with Crippen LogP contribution >= 0.6 is 11.3 Å².